The quantitative estimate of drug-likeness (QED) is 0.112. The van der Waals surface area contributed by atoms with E-state index in [4.69, 9.17) is 5.53 Å². The molecule has 0 bridgehead atoms. The Bertz CT molecular complexity index is 939. The minimum absolute atomic E-state index is 0.352. The first-order valence-corrected chi connectivity index (χ1v) is 8.43. The molecule has 0 saturated heterocycles. The van der Waals surface area contributed by atoms with Gasteiger partial charge in [0, 0.05) is 16.2 Å². The number of para-hydroxylation sites is 1. The number of anilines is 1. The third-order valence-electron chi connectivity index (χ3n) is 3.50. The highest BCUT2D eigenvalue weighted by Crippen LogP contribution is 2.31. The zero-order valence-corrected chi connectivity index (χ0v) is 16.2. The Hall–Kier alpha value is -2.79. The molecule has 0 saturated carbocycles. The van der Waals surface area contributed by atoms with Crippen molar-refractivity contribution in [3.05, 3.63) is 66.4 Å². The van der Waals surface area contributed by atoms with E-state index in [0.717, 1.165) is 17.3 Å². The molecule has 0 aliphatic carbocycles. The van der Waals surface area contributed by atoms with Crippen LogP contribution in [0, 0.1) is 34.9 Å². The van der Waals surface area contributed by atoms with E-state index in [0.29, 0.717) is 5.69 Å². The molecule has 11 heteroatoms. The summed E-state index contributed by atoms with van der Waals surface area (Å²) in [4.78, 5) is 14.2. The summed E-state index contributed by atoms with van der Waals surface area (Å²) in [6, 6.07) is 4.73. The van der Waals surface area contributed by atoms with Crippen molar-refractivity contribution < 1.29 is 18.0 Å². The van der Waals surface area contributed by atoms with Crippen LogP contribution < -0.4 is 10.7 Å². The number of carbonyl (C=O) groups is 1. The number of hydrazone groups is 1. The molecule has 0 atom stereocenters. The van der Waals surface area contributed by atoms with Gasteiger partial charge in [-0.3, -0.25) is 0 Å². The molecule has 0 spiro atoms. The Morgan fingerprint density at radius 1 is 1.19 bits per heavy atom. The van der Waals surface area contributed by atoms with Crippen LogP contribution in [0.3, 0.4) is 0 Å². The number of halogens is 4. The summed E-state index contributed by atoms with van der Waals surface area (Å²) in [5, 5.41) is 8.89. The molecule has 0 radical (unpaired) electrons. The van der Waals surface area contributed by atoms with Gasteiger partial charge in [-0.05, 0) is 53.1 Å². The van der Waals surface area contributed by atoms with Crippen LogP contribution in [0.15, 0.2) is 28.4 Å². The average molecular weight is 488 g/mol. The Kier molecular flexibility index (Phi) is 6.64. The lowest BCUT2D eigenvalue weighted by Crippen LogP contribution is -2.25. The number of azide groups is 1. The molecule has 2 rings (SSSR count). The number of benzene rings is 2. The first-order chi connectivity index (χ1) is 12.8. The number of nitrogens with zero attached hydrogens (tertiary/aromatic N) is 4. The van der Waals surface area contributed by atoms with Gasteiger partial charge in [-0.2, -0.15) is 5.10 Å². The number of urea groups is 1. The van der Waals surface area contributed by atoms with E-state index < -0.39 is 34.7 Å². The molecule has 27 heavy (non-hydrogen) atoms. The zero-order chi connectivity index (χ0) is 20.1. The molecular weight excluding hydrogens is 476 g/mol. The maximum atomic E-state index is 14.1. The molecule has 0 aromatic heterocycles. The summed E-state index contributed by atoms with van der Waals surface area (Å²) in [5.74, 6) is -4.33. The van der Waals surface area contributed by atoms with Crippen LogP contribution in [0.5, 0.6) is 0 Å². The summed E-state index contributed by atoms with van der Waals surface area (Å²) < 4.78 is 41.5. The molecule has 140 valence electrons. The van der Waals surface area contributed by atoms with Gasteiger partial charge in [0.15, 0.2) is 11.6 Å². The third kappa shape index (κ3) is 4.49. The van der Waals surface area contributed by atoms with Crippen LogP contribution in [0.4, 0.5) is 29.3 Å². The van der Waals surface area contributed by atoms with Gasteiger partial charge in [-0.1, -0.05) is 23.3 Å². The second kappa shape index (κ2) is 8.73. The predicted octanol–water partition coefficient (Wildman–Crippen LogP) is 5.42. The van der Waals surface area contributed by atoms with Crippen molar-refractivity contribution in [3.8, 4) is 0 Å². The Balaban J connectivity index is 2.21. The number of rotatable bonds is 4. The fourth-order valence-electron chi connectivity index (χ4n) is 2.19. The lowest BCUT2D eigenvalue weighted by atomic mass is 10.1. The Morgan fingerprint density at radius 3 is 2.41 bits per heavy atom. The molecule has 2 amide bonds. The smallest absolute Gasteiger partial charge is 0.306 e. The van der Waals surface area contributed by atoms with E-state index in [1.165, 1.54) is 22.6 Å². The second-order valence-electron chi connectivity index (χ2n) is 5.30. The minimum atomic E-state index is -1.65. The van der Waals surface area contributed by atoms with Crippen molar-refractivity contribution in [2.45, 2.75) is 13.8 Å². The molecule has 2 aromatic rings. The van der Waals surface area contributed by atoms with Gasteiger partial charge < -0.3 is 5.32 Å². The largest absolute Gasteiger partial charge is 0.339 e. The molecule has 2 N–H and O–H groups in total. The van der Waals surface area contributed by atoms with E-state index >= 15 is 0 Å². The van der Waals surface area contributed by atoms with Crippen molar-refractivity contribution >= 4 is 46.2 Å². The van der Waals surface area contributed by atoms with Gasteiger partial charge >= 0.3 is 6.03 Å². The summed E-state index contributed by atoms with van der Waals surface area (Å²) in [7, 11) is 0. The van der Waals surface area contributed by atoms with Gasteiger partial charge in [0.1, 0.15) is 11.5 Å². The lowest BCUT2D eigenvalue weighted by Gasteiger charge is -2.10. The highest BCUT2D eigenvalue weighted by molar-refractivity contribution is 14.1. The van der Waals surface area contributed by atoms with Gasteiger partial charge in [-0.25, -0.2) is 23.4 Å². The number of amides is 2. The standard InChI is InChI=1S/C16H12F3IN6O/c1-7-4-3-5-8(2)14(7)23-16(27)25-22-6-9-10(17)11(18)15(24-26-21)12(19)13(9)20/h3-6H,1-2H3,(H2,23,25,27)/b22-6+. The number of hydrogen-bond acceptors (Lipinski definition) is 3. The third-order valence-corrected chi connectivity index (χ3v) is 4.55. The fourth-order valence-corrected chi connectivity index (χ4v) is 2.82. The first kappa shape index (κ1) is 20.5. The van der Waals surface area contributed by atoms with Gasteiger partial charge in [0.25, 0.3) is 0 Å². The van der Waals surface area contributed by atoms with E-state index in [9.17, 15) is 18.0 Å². The second-order valence-corrected chi connectivity index (χ2v) is 6.38. The van der Waals surface area contributed by atoms with E-state index in [-0.39, 0.29) is 3.57 Å². The molecular formula is C16H12F3IN6O. The van der Waals surface area contributed by atoms with Crippen LogP contribution in [-0.4, -0.2) is 12.2 Å². The molecule has 0 aliphatic rings. The zero-order valence-electron chi connectivity index (χ0n) is 14.0. The normalized spacial score (nSPS) is 10.6. The summed E-state index contributed by atoms with van der Waals surface area (Å²) in [5.41, 5.74) is 11.0. The topological polar surface area (TPSA) is 102 Å². The van der Waals surface area contributed by atoms with Gasteiger partial charge in [0.05, 0.1) is 9.78 Å². The molecule has 0 fully saturated rings. The van der Waals surface area contributed by atoms with E-state index in [1.807, 2.05) is 6.07 Å². The van der Waals surface area contributed by atoms with Crippen molar-refractivity contribution in [2.75, 3.05) is 5.32 Å². The van der Waals surface area contributed by atoms with E-state index in [2.05, 4.69) is 25.9 Å². The maximum Gasteiger partial charge on any atom is 0.339 e. The lowest BCUT2D eigenvalue weighted by molar-refractivity contribution is 0.252. The highest BCUT2D eigenvalue weighted by atomic mass is 127. The number of hydrogen-bond donors (Lipinski definition) is 2. The van der Waals surface area contributed by atoms with Crippen LogP contribution in [-0.2, 0) is 0 Å². The molecule has 7 nitrogen and oxygen atoms in total. The Labute approximate surface area is 165 Å². The maximum absolute atomic E-state index is 14.1. The SMILES string of the molecule is Cc1cccc(C)c1NC(=O)N/N=C/c1c(F)c(F)c(N=[N+]=[N-])c(F)c1I. The van der Waals surface area contributed by atoms with Crippen molar-refractivity contribution in [3.63, 3.8) is 0 Å². The number of nitrogens with one attached hydrogen (secondary N) is 2. The minimum Gasteiger partial charge on any atom is -0.306 e. The van der Waals surface area contributed by atoms with Crippen molar-refractivity contribution in [1.82, 2.24) is 5.43 Å². The fraction of sp³-hybridized carbons (Fsp3) is 0.125. The summed E-state index contributed by atoms with van der Waals surface area (Å²) in [6.45, 7) is 3.61. The highest BCUT2D eigenvalue weighted by Gasteiger charge is 2.22. The monoisotopic (exact) mass is 488 g/mol. The van der Waals surface area contributed by atoms with Gasteiger partial charge in [-0.15, -0.1) is 0 Å². The number of aryl methyl sites for hydroxylation is 2. The van der Waals surface area contributed by atoms with Crippen LogP contribution in [0.1, 0.15) is 16.7 Å². The predicted molar refractivity (Wildman–Crippen MR) is 104 cm³/mol. The molecule has 2 aromatic carbocycles. The summed E-state index contributed by atoms with van der Waals surface area (Å²) >= 11 is 1.41. The van der Waals surface area contributed by atoms with Crippen molar-refractivity contribution in [1.29, 1.82) is 0 Å². The van der Waals surface area contributed by atoms with Crippen molar-refractivity contribution in [2.24, 2.45) is 10.2 Å². The molecule has 0 heterocycles. The molecule has 0 aliphatic heterocycles. The van der Waals surface area contributed by atoms with Crippen LogP contribution >= 0.6 is 22.6 Å². The first-order valence-electron chi connectivity index (χ1n) is 7.35. The van der Waals surface area contributed by atoms with Crippen LogP contribution in [0.25, 0.3) is 10.4 Å². The number of carbonyl (C=O) groups excluding carboxylic acids is 1. The average Bonchev–Trinajstić information content (AvgIpc) is 2.63. The Morgan fingerprint density at radius 2 is 1.81 bits per heavy atom. The van der Waals surface area contributed by atoms with E-state index in [1.54, 1.807) is 26.0 Å². The summed E-state index contributed by atoms with van der Waals surface area (Å²) in [6.07, 6.45) is 0.757. The molecule has 0 unspecified atom stereocenters. The van der Waals surface area contributed by atoms with Gasteiger partial charge in [0.2, 0.25) is 0 Å². The van der Waals surface area contributed by atoms with Crippen LogP contribution in [0.2, 0.25) is 0 Å².